The Bertz CT molecular complexity index is 1500. The molecule has 2 heterocycles. The first-order valence-electron chi connectivity index (χ1n) is 16.5. The van der Waals surface area contributed by atoms with Crippen LogP contribution in [0.15, 0.2) is 11.8 Å². The quantitative estimate of drug-likeness (QED) is 0.219. The number of aliphatic hydroxyl groups excluding tert-OH is 2. The van der Waals surface area contributed by atoms with Crippen LogP contribution in [0.3, 0.4) is 0 Å². The first-order chi connectivity index (χ1) is 21.7. The van der Waals surface area contributed by atoms with Crippen molar-refractivity contribution < 1.29 is 63.0 Å². The fourth-order valence-electron chi connectivity index (χ4n) is 11.9. The largest absolute Gasteiger partial charge is 0.462 e. The van der Waals surface area contributed by atoms with Gasteiger partial charge in [0.25, 0.3) is 0 Å². The summed E-state index contributed by atoms with van der Waals surface area (Å²) in [6, 6.07) is 0. The number of hydrogen-bond donors (Lipinski definition) is 3. The summed E-state index contributed by atoms with van der Waals surface area (Å²) in [6.07, 6.45) is -5.38. The Morgan fingerprint density at radius 1 is 0.851 bits per heavy atom. The molecule has 0 unspecified atom stereocenters. The Morgan fingerprint density at radius 3 is 2.04 bits per heavy atom. The number of allylic oxidation sites excluding steroid dienone is 1. The van der Waals surface area contributed by atoms with Crippen molar-refractivity contribution in [2.75, 3.05) is 0 Å². The summed E-state index contributed by atoms with van der Waals surface area (Å²) in [7, 11) is 0. The topological polar surface area (TPSA) is 195 Å². The monoisotopic (exact) mass is 660 g/mol. The van der Waals surface area contributed by atoms with E-state index >= 15 is 0 Å². The fourth-order valence-corrected chi connectivity index (χ4v) is 11.9. The van der Waals surface area contributed by atoms with Crippen LogP contribution in [0.25, 0.3) is 0 Å². The molecule has 7 aliphatic rings. The van der Waals surface area contributed by atoms with Crippen LogP contribution in [-0.2, 0) is 47.7 Å². The second kappa shape index (κ2) is 9.86. The van der Waals surface area contributed by atoms with Crippen molar-refractivity contribution in [1.82, 2.24) is 0 Å². The van der Waals surface area contributed by atoms with Gasteiger partial charge < -0.3 is 39.0 Å². The first kappa shape index (κ1) is 32.7. The lowest BCUT2D eigenvalue weighted by Gasteiger charge is -2.64. The highest BCUT2D eigenvalue weighted by atomic mass is 16.6. The predicted octanol–water partition coefficient (Wildman–Crippen LogP) is 0.842. The molecule has 2 aliphatic heterocycles. The maximum absolute atomic E-state index is 14.3. The van der Waals surface area contributed by atoms with Crippen molar-refractivity contribution in [2.24, 2.45) is 57.7 Å². The zero-order chi connectivity index (χ0) is 34.5. The molecule has 13 heteroatoms. The number of ketones is 1. The molecule has 0 aromatic heterocycles. The van der Waals surface area contributed by atoms with Crippen molar-refractivity contribution in [3.05, 3.63) is 11.8 Å². The van der Waals surface area contributed by atoms with Crippen LogP contribution >= 0.6 is 0 Å². The summed E-state index contributed by atoms with van der Waals surface area (Å²) in [5.41, 5.74) is -6.08. The smallest absolute Gasteiger partial charge is 0.343 e. The molecule has 0 amide bonds. The highest BCUT2D eigenvalue weighted by Gasteiger charge is 2.83. The average molecular weight is 661 g/mol. The number of rotatable bonds is 3. The van der Waals surface area contributed by atoms with Gasteiger partial charge in [-0.05, 0) is 38.2 Å². The number of fused-ring (bicyclic) bond motifs is 10. The molecular weight excluding hydrogens is 616 g/mol. The van der Waals surface area contributed by atoms with Crippen LogP contribution in [0.1, 0.15) is 61.8 Å². The highest BCUT2D eigenvalue weighted by molar-refractivity contribution is 5.88. The molecule has 0 spiro atoms. The zero-order valence-corrected chi connectivity index (χ0v) is 27.8. The Balaban J connectivity index is 1.49. The van der Waals surface area contributed by atoms with Gasteiger partial charge in [0, 0.05) is 61.2 Å². The van der Waals surface area contributed by atoms with Gasteiger partial charge in [-0.3, -0.25) is 19.2 Å². The minimum absolute atomic E-state index is 0.216. The number of epoxide rings is 1. The third-order valence-electron chi connectivity index (χ3n) is 13.8. The van der Waals surface area contributed by atoms with Gasteiger partial charge in [0.2, 0.25) is 0 Å². The van der Waals surface area contributed by atoms with Crippen molar-refractivity contribution >= 4 is 29.7 Å². The van der Waals surface area contributed by atoms with E-state index in [9.17, 15) is 39.3 Å². The maximum Gasteiger partial charge on any atom is 0.343 e. The molecule has 3 N–H and O–H groups in total. The number of esters is 4. The molecule has 47 heavy (non-hydrogen) atoms. The van der Waals surface area contributed by atoms with E-state index in [0.717, 1.165) is 0 Å². The summed E-state index contributed by atoms with van der Waals surface area (Å²) in [6.45, 7) is 12.1. The lowest BCUT2D eigenvalue weighted by Crippen LogP contribution is -2.74. The molecule has 4 saturated carbocycles. The SMILES string of the molecule is CC(=O)O[C@@H]1[C@@H]2[C@H]3[C@H]([C@@H](O)[C@H](OC(C)=O)[C@]2(C)[C@@H]2[C@@H]1[C@]1(C)C(=C[C@H]2C)OC(=O)[C@@]1(C)O)[C@]1(C)[C@H](C[C@@H]2O[C@@H]2[C@@H]1OC(C)=O)C(=O)[C@@H]3O. The normalized spacial score (nSPS) is 55.1. The van der Waals surface area contributed by atoms with E-state index in [-0.39, 0.29) is 18.3 Å². The maximum atomic E-state index is 14.3. The van der Waals surface area contributed by atoms with Gasteiger partial charge in [-0.15, -0.1) is 0 Å². The van der Waals surface area contributed by atoms with Crippen molar-refractivity contribution in [3.8, 4) is 0 Å². The molecule has 5 aliphatic carbocycles. The number of ether oxygens (including phenoxy) is 5. The Morgan fingerprint density at radius 2 is 1.45 bits per heavy atom. The summed E-state index contributed by atoms with van der Waals surface area (Å²) >= 11 is 0. The molecule has 13 nitrogen and oxygen atoms in total. The molecule has 0 aromatic carbocycles. The molecule has 7 rings (SSSR count). The van der Waals surface area contributed by atoms with Crippen molar-refractivity contribution in [1.29, 1.82) is 0 Å². The summed E-state index contributed by atoms with van der Waals surface area (Å²) in [5.74, 6) is -8.91. The lowest BCUT2D eigenvalue weighted by atomic mass is 9.41. The minimum atomic E-state index is -2.07. The second-order valence-corrected chi connectivity index (χ2v) is 15.9. The Labute approximate surface area is 272 Å². The van der Waals surface area contributed by atoms with E-state index in [4.69, 9.17) is 23.7 Å². The van der Waals surface area contributed by atoms with Crippen LogP contribution in [0.5, 0.6) is 0 Å². The zero-order valence-electron chi connectivity index (χ0n) is 27.8. The third-order valence-corrected chi connectivity index (χ3v) is 13.8. The standard InChI is InChI=1S/C34H44O13/c1-11-9-17-33(7,34(8,42)30(41)47-17)22-19(11)32(6)21(27(22)43-12(2)35)18-20(25(40)28(32)44-13(3)36)31(5)15(23(38)24(18)39)10-16-26(46-16)29(31)45-14(4)37/h9,11,15-16,18-22,24-29,39-40,42H,10H2,1-8H3/t11-,15-,16+,18-,19+,20-,21+,22+,24-,25-,26+,27-,28+,29+,31+,32-,33+,34-/m1/s1. The van der Waals surface area contributed by atoms with Gasteiger partial charge in [0.1, 0.15) is 36.3 Å². The van der Waals surface area contributed by atoms with Crippen LogP contribution in [0, 0.1) is 57.7 Å². The van der Waals surface area contributed by atoms with Gasteiger partial charge in [-0.2, -0.15) is 0 Å². The second-order valence-electron chi connectivity index (χ2n) is 15.9. The number of carbonyl (C=O) groups is 5. The molecule has 6 fully saturated rings. The molecule has 0 bridgehead atoms. The van der Waals surface area contributed by atoms with Crippen LogP contribution < -0.4 is 0 Å². The third kappa shape index (κ3) is 3.82. The minimum Gasteiger partial charge on any atom is -0.462 e. The van der Waals surface area contributed by atoms with Crippen molar-refractivity contribution in [2.45, 2.75) is 110 Å². The van der Waals surface area contributed by atoms with Gasteiger partial charge in [0.05, 0.1) is 17.6 Å². The average Bonchev–Trinajstić information content (AvgIpc) is 3.65. The molecular formula is C34H44O13. The van der Waals surface area contributed by atoms with E-state index in [1.807, 2.05) is 6.92 Å². The molecule has 18 atom stereocenters. The number of aliphatic hydroxyl groups is 3. The summed E-state index contributed by atoms with van der Waals surface area (Å²) in [4.78, 5) is 65.8. The predicted molar refractivity (Wildman–Crippen MR) is 156 cm³/mol. The van der Waals surface area contributed by atoms with E-state index in [1.165, 1.54) is 27.7 Å². The molecule has 2 saturated heterocycles. The summed E-state index contributed by atoms with van der Waals surface area (Å²) < 4.78 is 29.6. The fraction of sp³-hybridized carbons (Fsp3) is 0.794. The van der Waals surface area contributed by atoms with Crippen LogP contribution in [0.4, 0.5) is 0 Å². The summed E-state index contributed by atoms with van der Waals surface area (Å²) in [5, 5.41) is 36.5. The van der Waals surface area contributed by atoms with Gasteiger partial charge >= 0.3 is 23.9 Å². The lowest BCUT2D eigenvalue weighted by molar-refractivity contribution is -0.268. The van der Waals surface area contributed by atoms with Gasteiger partial charge in [-0.1, -0.05) is 20.8 Å². The Kier molecular flexibility index (Phi) is 6.85. The molecule has 0 radical (unpaired) electrons. The van der Waals surface area contributed by atoms with E-state index in [2.05, 4.69) is 0 Å². The van der Waals surface area contributed by atoms with Gasteiger partial charge in [-0.25, -0.2) is 4.79 Å². The van der Waals surface area contributed by atoms with Gasteiger partial charge in [0.15, 0.2) is 11.4 Å². The molecule has 258 valence electrons. The first-order valence-corrected chi connectivity index (χ1v) is 16.5. The number of hydrogen-bond acceptors (Lipinski definition) is 13. The van der Waals surface area contributed by atoms with Crippen molar-refractivity contribution in [3.63, 3.8) is 0 Å². The number of carbonyl (C=O) groups excluding carboxylic acids is 5. The van der Waals surface area contributed by atoms with E-state index in [1.54, 1.807) is 26.8 Å². The van der Waals surface area contributed by atoms with Crippen LogP contribution in [0.2, 0.25) is 0 Å². The number of Topliss-reactive ketones (excluding diaryl/α,β-unsaturated/α-hetero) is 1. The molecule has 0 aromatic rings. The van der Waals surface area contributed by atoms with E-state index in [0.29, 0.717) is 0 Å². The highest BCUT2D eigenvalue weighted by Crippen LogP contribution is 2.75. The van der Waals surface area contributed by atoms with E-state index < -0.39 is 130 Å². The van der Waals surface area contributed by atoms with Crippen LogP contribution in [-0.4, -0.2) is 93.3 Å². The Hall–Kier alpha value is -2.87.